The number of nitrogens with one attached hydrogen (secondary N) is 1. The molecule has 0 unspecified atom stereocenters. The molecule has 1 aliphatic heterocycles. The number of nitrogens with zero attached hydrogens (tertiary/aromatic N) is 2. The van der Waals surface area contributed by atoms with Gasteiger partial charge in [0, 0.05) is 17.1 Å². The number of aryl methyl sites for hydroxylation is 1. The Hall–Kier alpha value is -4.20. The normalized spacial score (nSPS) is 15.5. The Labute approximate surface area is 177 Å². The minimum absolute atomic E-state index is 0.142. The summed E-state index contributed by atoms with van der Waals surface area (Å²) >= 11 is 0. The number of aromatic nitrogens is 1. The van der Waals surface area contributed by atoms with Gasteiger partial charge in [-0.05, 0) is 80.1 Å². The summed E-state index contributed by atoms with van der Waals surface area (Å²) in [6.45, 7) is 3.71. The molecular weight excluding hydrogens is 401 g/mol. The molecule has 1 aliphatic rings. The van der Waals surface area contributed by atoms with E-state index in [9.17, 15) is 23.9 Å². The molecule has 1 saturated heterocycles. The number of carbonyl (C=O) groups is 3. The summed E-state index contributed by atoms with van der Waals surface area (Å²) in [5.74, 6) is -1.97. The summed E-state index contributed by atoms with van der Waals surface area (Å²) in [5.41, 5.74) is 2.98. The number of anilines is 1. The molecule has 2 heterocycles. The van der Waals surface area contributed by atoms with E-state index in [2.05, 4.69) is 5.32 Å². The lowest BCUT2D eigenvalue weighted by Crippen LogP contribution is -2.54. The van der Waals surface area contributed by atoms with Crippen LogP contribution in [-0.4, -0.2) is 27.5 Å². The number of amides is 4. The highest BCUT2D eigenvalue weighted by Gasteiger charge is 2.37. The first-order valence-electron chi connectivity index (χ1n) is 9.41. The fourth-order valence-corrected chi connectivity index (χ4v) is 3.57. The SMILES string of the molecule is Cc1cc(/C=C2\C(=O)NC(=O)N(c3ccc(F)cc3)C2=O)c(C)n1-c1ccc(O)cc1. The Bertz CT molecular complexity index is 1240. The molecule has 2 N–H and O–H groups in total. The van der Waals surface area contributed by atoms with Crippen LogP contribution in [-0.2, 0) is 9.59 Å². The highest BCUT2D eigenvalue weighted by atomic mass is 19.1. The highest BCUT2D eigenvalue weighted by molar-refractivity contribution is 6.39. The van der Waals surface area contributed by atoms with E-state index in [0.717, 1.165) is 34.1 Å². The number of hydrogen-bond acceptors (Lipinski definition) is 4. The molecule has 8 heteroatoms. The van der Waals surface area contributed by atoms with E-state index in [-0.39, 0.29) is 17.0 Å². The molecule has 156 valence electrons. The molecule has 0 spiro atoms. The molecule has 0 saturated carbocycles. The van der Waals surface area contributed by atoms with E-state index in [1.807, 2.05) is 24.5 Å². The third-order valence-corrected chi connectivity index (χ3v) is 5.06. The summed E-state index contributed by atoms with van der Waals surface area (Å²) in [5, 5.41) is 11.7. The second-order valence-corrected chi connectivity index (χ2v) is 7.11. The van der Waals surface area contributed by atoms with Crippen molar-refractivity contribution in [2.75, 3.05) is 4.90 Å². The first-order chi connectivity index (χ1) is 14.8. The van der Waals surface area contributed by atoms with Gasteiger partial charge < -0.3 is 9.67 Å². The molecule has 0 atom stereocenters. The first-order valence-corrected chi connectivity index (χ1v) is 9.41. The quantitative estimate of drug-likeness (QED) is 0.501. The zero-order chi connectivity index (χ0) is 22.3. The number of phenolic OH excluding ortho intramolecular Hbond substituents is 1. The Morgan fingerprint density at radius 1 is 0.935 bits per heavy atom. The molecule has 31 heavy (non-hydrogen) atoms. The van der Waals surface area contributed by atoms with Crippen LogP contribution in [0.5, 0.6) is 5.75 Å². The predicted octanol–water partition coefficient (Wildman–Crippen LogP) is 3.61. The number of phenols is 1. The summed E-state index contributed by atoms with van der Waals surface area (Å²) in [6.07, 6.45) is 1.43. The maximum atomic E-state index is 13.2. The van der Waals surface area contributed by atoms with Crippen molar-refractivity contribution in [1.29, 1.82) is 0 Å². The molecule has 4 amide bonds. The zero-order valence-corrected chi connectivity index (χ0v) is 16.7. The highest BCUT2D eigenvalue weighted by Crippen LogP contribution is 2.26. The standard InChI is InChI=1S/C23H18FN3O4/c1-13-11-15(14(2)26(13)17-7-9-19(28)10-8-17)12-20-21(29)25-23(31)27(22(20)30)18-5-3-16(24)4-6-18/h3-12,28H,1-2H3,(H,25,29,31)/b20-12+. The summed E-state index contributed by atoms with van der Waals surface area (Å²) in [4.78, 5) is 38.5. The van der Waals surface area contributed by atoms with Gasteiger partial charge in [-0.25, -0.2) is 14.1 Å². The maximum Gasteiger partial charge on any atom is 0.335 e. The molecule has 1 fully saturated rings. The van der Waals surface area contributed by atoms with Crippen LogP contribution in [0.1, 0.15) is 17.0 Å². The van der Waals surface area contributed by atoms with E-state index in [0.29, 0.717) is 5.56 Å². The summed E-state index contributed by atoms with van der Waals surface area (Å²) < 4.78 is 15.2. The monoisotopic (exact) mass is 419 g/mol. The second kappa shape index (κ2) is 7.56. The Kier molecular flexibility index (Phi) is 4.90. The molecule has 2 aromatic carbocycles. The molecular formula is C23H18FN3O4. The maximum absolute atomic E-state index is 13.2. The van der Waals surface area contributed by atoms with Gasteiger partial charge in [0.15, 0.2) is 0 Å². The van der Waals surface area contributed by atoms with E-state index in [1.54, 1.807) is 24.3 Å². The molecule has 1 aromatic heterocycles. The van der Waals surface area contributed by atoms with Gasteiger partial charge in [-0.1, -0.05) is 0 Å². The van der Waals surface area contributed by atoms with Crippen molar-refractivity contribution in [3.05, 3.63) is 82.9 Å². The van der Waals surface area contributed by atoms with Crippen molar-refractivity contribution >= 4 is 29.6 Å². The van der Waals surface area contributed by atoms with Crippen LogP contribution in [0, 0.1) is 19.7 Å². The summed E-state index contributed by atoms with van der Waals surface area (Å²) in [6, 6.07) is 12.4. The number of benzene rings is 2. The van der Waals surface area contributed by atoms with Gasteiger partial charge in [-0.2, -0.15) is 0 Å². The number of barbiturate groups is 1. The fourth-order valence-electron chi connectivity index (χ4n) is 3.57. The molecule has 3 aromatic rings. The Balaban J connectivity index is 1.75. The second-order valence-electron chi connectivity index (χ2n) is 7.11. The van der Waals surface area contributed by atoms with Crippen molar-refractivity contribution in [2.45, 2.75) is 13.8 Å². The number of carbonyl (C=O) groups excluding carboxylic acids is 3. The van der Waals surface area contributed by atoms with Gasteiger partial charge in [-0.15, -0.1) is 0 Å². The van der Waals surface area contributed by atoms with Crippen molar-refractivity contribution in [1.82, 2.24) is 9.88 Å². The first kappa shape index (κ1) is 20.1. The van der Waals surface area contributed by atoms with Crippen molar-refractivity contribution < 1.29 is 23.9 Å². The third kappa shape index (κ3) is 3.59. The molecule has 7 nitrogen and oxygen atoms in total. The van der Waals surface area contributed by atoms with Gasteiger partial charge in [0.05, 0.1) is 5.69 Å². The van der Waals surface area contributed by atoms with Crippen LogP contribution in [0.3, 0.4) is 0 Å². The van der Waals surface area contributed by atoms with Crippen LogP contribution in [0.25, 0.3) is 11.8 Å². The van der Waals surface area contributed by atoms with Crippen LogP contribution < -0.4 is 10.2 Å². The molecule has 0 radical (unpaired) electrons. The average molecular weight is 419 g/mol. The van der Waals surface area contributed by atoms with Crippen molar-refractivity contribution in [3.63, 3.8) is 0 Å². The van der Waals surface area contributed by atoms with Crippen LogP contribution in [0.15, 0.2) is 60.2 Å². The van der Waals surface area contributed by atoms with Gasteiger partial charge in [0.2, 0.25) is 0 Å². The van der Waals surface area contributed by atoms with Crippen LogP contribution in [0.4, 0.5) is 14.9 Å². The average Bonchev–Trinajstić information content (AvgIpc) is 3.00. The lowest BCUT2D eigenvalue weighted by atomic mass is 10.1. The topological polar surface area (TPSA) is 91.6 Å². The van der Waals surface area contributed by atoms with Gasteiger partial charge in [0.1, 0.15) is 17.1 Å². The van der Waals surface area contributed by atoms with E-state index < -0.39 is 23.7 Å². The number of halogens is 1. The van der Waals surface area contributed by atoms with Crippen molar-refractivity contribution in [3.8, 4) is 11.4 Å². The van der Waals surface area contributed by atoms with E-state index in [1.165, 1.54) is 18.2 Å². The minimum Gasteiger partial charge on any atom is -0.508 e. The summed E-state index contributed by atoms with van der Waals surface area (Å²) in [7, 11) is 0. The molecule has 0 aliphatic carbocycles. The van der Waals surface area contributed by atoms with E-state index in [4.69, 9.17) is 0 Å². The van der Waals surface area contributed by atoms with Crippen LogP contribution in [0.2, 0.25) is 0 Å². The minimum atomic E-state index is -0.895. The predicted molar refractivity (Wildman–Crippen MR) is 112 cm³/mol. The van der Waals surface area contributed by atoms with Gasteiger partial charge >= 0.3 is 6.03 Å². The van der Waals surface area contributed by atoms with Crippen molar-refractivity contribution in [2.24, 2.45) is 0 Å². The number of hydrogen-bond donors (Lipinski definition) is 2. The third-order valence-electron chi connectivity index (χ3n) is 5.06. The largest absolute Gasteiger partial charge is 0.508 e. The zero-order valence-electron chi connectivity index (χ0n) is 16.7. The fraction of sp³-hybridized carbons (Fsp3) is 0.0870. The van der Waals surface area contributed by atoms with Gasteiger partial charge in [0.25, 0.3) is 11.8 Å². The Morgan fingerprint density at radius 3 is 2.19 bits per heavy atom. The Morgan fingerprint density at radius 2 is 1.55 bits per heavy atom. The van der Waals surface area contributed by atoms with Crippen LogP contribution >= 0.6 is 0 Å². The lowest BCUT2D eigenvalue weighted by molar-refractivity contribution is -0.122. The lowest BCUT2D eigenvalue weighted by Gasteiger charge is -2.26. The number of rotatable bonds is 3. The molecule has 4 rings (SSSR count). The number of urea groups is 1. The molecule has 0 bridgehead atoms. The smallest absolute Gasteiger partial charge is 0.335 e. The number of imide groups is 2. The van der Waals surface area contributed by atoms with Gasteiger partial charge in [-0.3, -0.25) is 14.9 Å². The van der Waals surface area contributed by atoms with E-state index >= 15 is 0 Å². The number of aromatic hydroxyl groups is 1.